The number of carbonyl (C=O) groups excluding carboxylic acids is 1. The summed E-state index contributed by atoms with van der Waals surface area (Å²) in [5.41, 5.74) is 11.3. The number of imidazole rings is 1. The number of aromatic hydroxyl groups is 1. The molecule has 1 aromatic carbocycles. The third kappa shape index (κ3) is 4.86. The van der Waals surface area contributed by atoms with Crippen molar-refractivity contribution >= 4 is 5.91 Å². The van der Waals surface area contributed by atoms with Gasteiger partial charge in [0, 0.05) is 38.1 Å². The number of H-pyrrole nitrogens is 1. The first kappa shape index (κ1) is 27.3. The Morgan fingerprint density at radius 1 is 1.15 bits per heavy atom. The average Bonchev–Trinajstić information content (AvgIpc) is 3.71. The van der Waals surface area contributed by atoms with Crippen molar-refractivity contribution in [3.8, 4) is 5.75 Å². The quantitative estimate of drug-likeness (QED) is 0.428. The number of aromatic amines is 1. The van der Waals surface area contributed by atoms with Gasteiger partial charge in [-0.05, 0) is 93.3 Å². The van der Waals surface area contributed by atoms with E-state index >= 15 is 0 Å². The summed E-state index contributed by atoms with van der Waals surface area (Å²) >= 11 is 0. The van der Waals surface area contributed by atoms with Crippen molar-refractivity contribution in [2.75, 3.05) is 32.7 Å². The Hall–Kier alpha value is -2.53. The Balaban J connectivity index is 1.02. The standard InChI is InChI=1S/C31H44FN7O2/c1-3-18-12-28(40)23(32)13-22(18)19-7-8-21-24(11-19)35-36-29(21)30-33-25-14-27(37(4-2)17-26(25)34-30)31(41)39-15-20(16-39)38-9-5-6-10-38/h12-13,19-21,24,27,29,35-36,40H,3-11,14-17H2,1-2H3,(H,33,34). The van der Waals surface area contributed by atoms with Gasteiger partial charge in [-0.1, -0.05) is 13.8 Å². The van der Waals surface area contributed by atoms with Crippen LogP contribution in [0.4, 0.5) is 4.39 Å². The Morgan fingerprint density at radius 2 is 1.95 bits per heavy atom. The topological polar surface area (TPSA) is 99.8 Å². The lowest BCUT2D eigenvalue weighted by molar-refractivity contribution is -0.145. The van der Waals surface area contributed by atoms with E-state index in [2.05, 4.69) is 44.4 Å². The normalized spacial score (nSPS) is 30.8. The number of phenolic OH excluding ortho intramolecular Hbond substituents is 1. The average molecular weight is 566 g/mol. The summed E-state index contributed by atoms with van der Waals surface area (Å²) in [6.45, 7) is 9.84. The number of aromatic nitrogens is 2. The number of phenols is 1. The molecular weight excluding hydrogens is 521 g/mol. The molecule has 1 saturated carbocycles. The number of benzene rings is 1. The zero-order valence-corrected chi connectivity index (χ0v) is 24.3. The van der Waals surface area contributed by atoms with E-state index in [0.717, 1.165) is 80.2 Å². The molecule has 10 heteroatoms. The molecule has 5 aliphatic rings. The molecule has 0 spiro atoms. The van der Waals surface area contributed by atoms with Crippen LogP contribution in [-0.4, -0.2) is 86.5 Å². The molecule has 41 heavy (non-hydrogen) atoms. The fraction of sp³-hybridized carbons (Fsp3) is 0.677. The molecule has 5 heterocycles. The highest BCUT2D eigenvalue weighted by Crippen LogP contribution is 2.45. The van der Waals surface area contributed by atoms with Crippen LogP contribution in [0.5, 0.6) is 5.75 Å². The van der Waals surface area contributed by atoms with Crippen molar-refractivity contribution in [3.05, 3.63) is 46.3 Å². The lowest BCUT2D eigenvalue weighted by atomic mass is 9.73. The van der Waals surface area contributed by atoms with Crippen molar-refractivity contribution < 1.29 is 14.3 Å². The zero-order chi connectivity index (χ0) is 28.2. The van der Waals surface area contributed by atoms with Crippen LogP contribution < -0.4 is 10.9 Å². The number of hydrogen-bond donors (Lipinski definition) is 4. The number of hydrazine groups is 1. The molecule has 5 atom stereocenters. The number of fused-ring (bicyclic) bond motifs is 2. The number of amides is 1. The minimum atomic E-state index is -0.533. The first-order valence-corrected chi connectivity index (χ1v) is 15.8. The third-order valence-corrected chi connectivity index (χ3v) is 10.7. The van der Waals surface area contributed by atoms with E-state index in [0.29, 0.717) is 18.4 Å². The maximum absolute atomic E-state index is 14.3. The van der Waals surface area contributed by atoms with Gasteiger partial charge in [-0.15, -0.1) is 0 Å². The van der Waals surface area contributed by atoms with Gasteiger partial charge in [-0.2, -0.15) is 0 Å². The van der Waals surface area contributed by atoms with Crippen LogP contribution in [0, 0.1) is 11.7 Å². The number of carbonyl (C=O) groups is 1. The first-order chi connectivity index (χ1) is 19.9. The minimum Gasteiger partial charge on any atom is -0.505 e. The first-order valence-electron chi connectivity index (χ1n) is 15.8. The van der Waals surface area contributed by atoms with E-state index in [1.807, 2.05) is 0 Å². The van der Waals surface area contributed by atoms with E-state index < -0.39 is 5.82 Å². The summed E-state index contributed by atoms with van der Waals surface area (Å²) in [5.74, 6) is 1.07. The fourth-order valence-electron chi connectivity index (χ4n) is 8.22. The summed E-state index contributed by atoms with van der Waals surface area (Å²) in [6, 6.07) is 3.88. The number of aryl methyl sites for hydroxylation is 1. The van der Waals surface area contributed by atoms with Crippen molar-refractivity contribution in [1.82, 2.24) is 35.5 Å². The summed E-state index contributed by atoms with van der Waals surface area (Å²) < 4.78 is 14.3. The van der Waals surface area contributed by atoms with Gasteiger partial charge in [0.15, 0.2) is 11.6 Å². The molecule has 1 aromatic heterocycles. The van der Waals surface area contributed by atoms with E-state index in [-0.39, 0.29) is 35.7 Å². The van der Waals surface area contributed by atoms with Crippen molar-refractivity contribution in [3.63, 3.8) is 0 Å². The van der Waals surface area contributed by atoms with Gasteiger partial charge in [0.05, 0.1) is 23.5 Å². The molecule has 3 saturated heterocycles. The van der Waals surface area contributed by atoms with Gasteiger partial charge < -0.3 is 15.0 Å². The van der Waals surface area contributed by atoms with Gasteiger partial charge >= 0.3 is 0 Å². The van der Waals surface area contributed by atoms with Crippen LogP contribution in [0.3, 0.4) is 0 Å². The van der Waals surface area contributed by atoms with Crippen molar-refractivity contribution in [1.29, 1.82) is 0 Å². The number of nitrogens with zero attached hydrogens (tertiary/aromatic N) is 4. The highest BCUT2D eigenvalue weighted by atomic mass is 19.1. The number of nitrogens with one attached hydrogen (secondary N) is 3. The van der Waals surface area contributed by atoms with Crippen LogP contribution in [0.25, 0.3) is 0 Å². The molecule has 4 N–H and O–H groups in total. The highest BCUT2D eigenvalue weighted by molar-refractivity contribution is 5.83. The SMILES string of the molecule is CCc1cc(O)c(F)cc1C1CCC2C(C1)NNC2c1nc2c([nH]1)CN(CC)C(C(=O)N1CC(N3CCCC3)C1)C2. The van der Waals surface area contributed by atoms with Gasteiger partial charge in [-0.3, -0.25) is 20.0 Å². The van der Waals surface area contributed by atoms with E-state index in [4.69, 9.17) is 4.98 Å². The second-order valence-electron chi connectivity index (χ2n) is 12.9. The summed E-state index contributed by atoms with van der Waals surface area (Å²) in [6.07, 6.45) is 6.90. The van der Waals surface area contributed by atoms with Crippen LogP contribution >= 0.6 is 0 Å². The van der Waals surface area contributed by atoms with Crippen molar-refractivity contribution in [2.24, 2.45) is 5.92 Å². The second-order valence-corrected chi connectivity index (χ2v) is 12.9. The van der Waals surface area contributed by atoms with E-state index in [9.17, 15) is 14.3 Å². The van der Waals surface area contributed by atoms with Crippen LogP contribution in [-0.2, 0) is 24.2 Å². The largest absolute Gasteiger partial charge is 0.505 e. The number of halogens is 1. The molecular formula is C31H44FN7O2. The monoisotopic (exact) mass is 565 g/mol. The number of hydrogen-bond acceptors (Lipinski definition) is 7. The van der Waals surface area contributed by atoms with Crippen LogP contribution in [0.15, 0.2) is 12.1 Å². The summed E-state index contributed by atoms with van der Waals surface area (Å²) in [7, 11) is 0. The molecule has 0 radical (unpaired) electrons. The molecule has 4 fully saturated rings. The van der Waals surface area contributed by atoms with Crippen LogP contribution in [0.1, 0.15) is 86.3 Å². The number of rotatable bonds is 6. The Labute approximate surface area is 241 Å². The molecule has 0 bridgehead atoms. The molecule has 1 amide bonds. The van der Waals surface area contributed by atoms with E-state index in [1.165, 1.54) is 25.9 Å². The predicted octanol–water partition coefficient (Wildman–Crippen LogP) is 2.97. The third-order valence-electron chi connectivity index (χ3n) is 10.7. The minimum absolute atomic E-state index is 0.0783. The van der Waals surface area contributed by atoms with Gasteiger partial charge in [0.25, 0.3) is 0 Å². The Morgan fingerprint density at radius 3 is 2.71 bits per heavy atom. The lowest BCUT2D eigenvalue weighted by Crippen LogP contribution is -2.64. The Bertz CT molecular complexity index is 1290. The smallest absolute Gasteiger partial charge is 0.240 e. The second kappa shape index (κ2) is 10.9. The Kier molecular flexibility index (Phi) is 7.29. The summed E-state index contributed by atoms with van der Waals surface area (Å²) in [5, 5.41) is 9.87. The number of likely N-dealkylation sites (tertiary alicyclic amines) is 2. The molecule has 222 valence electrons. The molecule has 7 rings (SSSR count). The van der Waals surface area contributed by atoms with Gasteiger partial charge in [-0.25, -0.2) is 14.8 Å². The maximum Gasteiger partial charge on any atom is 0.240 e. The van der Waals surface area contributed by atoms with Gasteiger partial charge in [0.2, 0.25) is 5.91 Å². The molecule has 4 aliphatic heterocycles. The molecule has 2 aromatic rings. The number of likely N-dealkylation sites (N-methyl/N-ethyl adjacent to an activating group) is 1. The zero-order valence-electron chi connectivity index (χ0n) is 24.3. The molecule has 5 unspecified atom stereocenters. The van der Waals surface area contributed by atoms with Crippen LogP contribution in [0.2, 0.25) is 0 Å². The highest BCUT2D eigenvalue weighted by Gasteiger charge is 2.45. The van der Waals surface area contributed by atoms with Gasteiger partial charge in [0.1, 0.15) is 5.82 Å². The van der Waals surface area contributed by atoms with E-state index in [1.54, 1.807) is 12.1 Å². The fourth-order valence-corrected chi connectivity index (χ4v) is 8.22. The predicted molar refractivity (Wildman–Crippen MR) is 154 cm³/mol. The molecule has 9 nitrogen and oxygen atoms in total. The lowest BCUT2D eigenvalue weighted by Gasteiger charge is -2.47. The van der Waals surface area contributed by atoms with Crippen molar-refractivity contribution in [2.45, 2.75) is 95.4 Å². The molecule has 1 aliphatic carbocycles. The maximum atomic E-state index is 14.3. The summed E-state index contributed by atoms with van der Waals surface area (Å²) in [4.78, 5) is 29.2.